The minimum Gasteiger partial charge on any atom is -0.319 e. The fraction of sp³-hybridized carbons (Fsp3) is 0.455. The van der Waals surface area contributed by atoms with Crippen molar-refractivity contribution in [1.29, 1.82) is 0 Å². The van der Waals surface area contributed by atoms with Gasteiger partial charge in [0.05, 0.1) is 0 Å². The number of carbonyl (C=O) groups excluding carboxylic acids is 2. The zero-order chi connectivity index (χ0) is 10.8. The lowest BCUT2D eigenvalue weighted by Crippen LogP contribution is -2.48. The number of allylic oxidation sites excluding steroid dienone is 1. The molecule has 76 valence electrons. The summed E-state index contributed by atoms with van der Waals surface area (Å²) in [6, 6.07) is 0. The third kappa shape index (κ3) is 1.50. The Kier molecular flexibility index (Phi) is 2.89. The van der Waals surface area contributed by atoms with Crippen LogP contribution in [0.5, 0.6) is 0 Å². The Labute approximate surface area is 84.1 Å². The van der Waals surface area contributed by atoms with Crippen LogP contribution in [0.4, 0.5) is 0 Å². The number of ketones is 1. The van der Waals surface area contributed by atoms with Crippen molar-refractivity contribution in [2.24, 2.45) is 5.41 Å². The van der Waals surface area contributed by atoms with Crippen LogP contribution in [0.25, 0.3) is 0 Å². The van der Waals surface area contributed by atoms with Gasteiger partial charge in [0.25, 0.3) is 0 Å². The van der Waals surface area contributed by atoms with Crippen LogP contribution in [-0.4, -0.2) is 23.1 Å². The van der Waals surface area contributed by atoms with E-state index in [1.54, 1.807) is 6.92 Å². The molecule has 0 radical (unpaired) electrons. The summed E-state index contributed by atoms with van der Waals surface area (Å²) < 4.78 is 0. The molecule has 3 nitrogen and oxygen atoms in total. The maximum atomic E-state index is 11.9. The van der Waals surface area contributed by atoms with Gasteiger partial charge in [0, 0.05) is 6.54 Å². The van der Waals surface area contributed by atoms with Gasteiger partial charge in [-0.05, 0) is 32.0 Å². The molecule has 1 amide bonds. The normalized spacial score (nSPS) is 27.2. The Hall–Kier alpha value is -1.38. The predicted molar refractivity (Wildman–Crippen MR) is 54.5 cm³/mol. The van der Waals surface area contributed by atoms with Gasteiger partial charge < -0.3 is 4.90 Å². The molecule has 3 heteroatoms. The number of nitrogens with zero attached hydrogens (tertiary/aromatic N) is 1. The molecule has 0 aromatic carbocycles. The van der Waals surface area contributed by atoms with Crippen LogP contribution in [0.1, 0.15) is 19.8 Å². The first-order chi connectivity index (χ1) is 6.56. The highest BCUT2D eigenvalue weighted by atomic mass is 16.2. The average Bonchev–Trinajstić information content (AvgIpc) is 2.21. The topological polar surface area (TPSA) is 37.4 Å². The molecular formula is C11H15NO2. The molecule has 1 rings (SSSR count). The van der Waals surface area contributed by atoms with E-state index >= 15 is 0 Å². The molecule has 1 fully saturated rings. The van der Waals surface area contributed by atoms with Crippen molar-refractivity contribution in [2.75, 3.05) is 6.54 Å². The highest BCUT2D eigenvalue weighted by molar-refractivity contribution is 6.10. The van der Waals surface area contributed by atoms with Crippen molar-refractivity contribution in [3.8, 4) is 0 Å². The number of hydrogen-bond donors (Lipinski definition) is 0. The first-order valence-electron chi connectivity index (χ1n) is 4.67. The molecule has 0 saturated carbocycles. The Morgan fingerprint density at radius 2 is 2.21 bits per heavy atom. The molecule has 1 aliphatic heterocycles. The standard InChI is InChI=1S/C11H15NO2/c1-4-9(13)11(3)7-6-8-12(5-2)10(11)14/h4-5H,1-2,6-8H2,3H3. The van der Waals surface area contributed by atoms with Gasteiger partial charge in [-0.25, -0.2) is 0 Å². The average molecular weight is 193 g/mol. The molecule has 0 aliphatic carbocycles. The third-order valence-corrected chi connectivity index (χ3v) is 2.76. The summed E-state index contributed by atoms with van der Waals surface area (Å²) in [5, 5.41) is 0. The second kappa shape index (κ2) is 3.78. The fourth-order valence-corrected chi connectivity index (χ4v) is 1.76. The van der Waals surface area contributed by atoms with Gasteiger partial charge in [-0.2, -0.15) is 0 Å². The second-order valence-corrected chi connectivity index (χ2v) is 3.69. The van der Waals surface area contributed by atoms with E-state index in [4.69, 9.17) is 0 Å². The SMILES string of the molecule is C=CC(=O)C1(C)CCCN(C=C)C1=O. The van der Waals surface area contributed by atoms with Crippen LogP contribution >= 0.6 is 0 Å². The lowest BCUT2D eigenvalue weighted by Gasteiger charge is -2.35. The van der Waals surface area contributed by atoms with E-state index in [2.05, 4.69) is 13.2 Å². The van der Waals surface area contributed by atoms with Crippen LogP contribution in [0.3, 0.4) is 0 Å². The number of hydrogen-bond acceptors (Lipinski definition) is 2. The molecular weight excluding hydrogens is 178 g/mol. The van der Waals surface area contributed by atoms with Crippen LogP contribution in [-0.2, 0) is 9.59 Å². The van der Waals surface area contributed by atoms with Crippen molar-refractivity contribution in [2.45, 2.75) is 19.8 Å². The first-order valence-corrected chi connectivity index (χ1v) is 4.67. The highest BCUT2D eigenvalue weighted by Gasteiger charge is 2.43. The summed E-state index contributed by atoms with van der Waals surface area (Å²) in [5.74, 6) is -0.363. The van der Waals surface area contributed by atoms with E-state index in [9.17, 15) is 9.59 Å². The number of piperidine rings is 1. The predicted octanol–water partition coefficient (Wildman–Crippen LogP) is 1.51. The van der Waals surface area contributed by atoms with Crippen molar-refractivity contribution < 1.29 is 9.59 Å². The number of rotatable bonds is 3. The zero-order valence-corrected chi connectivity index (χ0v) is 8.45. The monoisotopic (exact) mass is 193 g/mol. The molecule has 0 aromatic heterocycles. The summed E-state index contributed by atoms with van der Waals surface area (Å²) in [7, 11) is 0. The minimum atomic E-state index is -0.922. The maximum absolute atomic E-state index is 11.9. The molecule has 0 aromatic rings. The molecule has 1 saturated heterocycles. The van der Waals surface area contributed by atoms with Gasteiger partial charge in [-0.15, -0.1) is 0 Å². The summed E-state index contributed by atoms with van der Waals surface area (Å²) in [4.78, 5) is 24.9. The lowest BCUT2D eigenvalue weighted by molar-refractivity contribution is -0.148. The quantitative estimate of drug-likeness (QED) is 0.503. The summed E-state index contributed by atoms with van der Waals surface area (Å²) in [6.45, 7) is 9.30. The molecule has 0 spiro atoms. The molecule has 1 unspecified atom stereocenters. The Morgan fingerprint density at radius 1 is 1.57 bits per heavy atom. The van der Waals surface area contributed by atoms with Gasteiger partial charge >= 0.3 is 0 Å². The largest absolute Gasteiger partial charge is 0.319 e. The minimum absolute atomic E-state index is 0.163. The van der Waals surface area contributed by atoms with Crippen LogP contribution < -0.4 is 0 Å². The van der Waals surface area contributed by atoms with E-state index in [1.807, 2.05) is 0 Å². The van der Waals surface area contributed by atoms with E-state index in [0.717, 1.165) is 6.42 Å². The number of carbonyl (C=O) groups is 2. The van der Waals surface area contributed by atoms with Crippen molar-refractivity contribution in [1.82, 2.24) is 4.90 Å². The summed E-state index contributed by atoms with van der Waals surface area (Å²) >= 11 is 0. The Morgan fingerprint density at radius 3 is 2.71 bits per heavy atom. The lowest BCUT2D eigenvalue weighted by atomic mass is 9.77. The zero-order valence-electron chi connectivity index (χ0n) is 8.45. The first kappa shape index (κ1) is 10.7. The van der Waals surface area contributed by atoms with Gasteiger partial charge in [-0.3, -0.25) is 9.59 Å². The smallest absolute Gasteiger partial charge is 0.240 e. The third-order valence-electron chi connectivity index (χ3n) is 2.76. The highest BCUT2D eigenvalue weighted by Crippen LogP contribution is 2.32. The van der Waals surface area contributed by atoms with E-state index in [-0.39, 0.29) is 11.7 Å². The molecule has 0 bridgehead atoms. The fourth-order valence-electron chi connectivity index (χ4n) is 1.76. The van der Waals surface area contributed by atoms with E-state index < -0.39 is 5.41 Å². The molecule has 14 heavy (non-hydrogen) atoms. The van der Waals surface area contributed by atoms with Crippen LogP contribution in [0, 0.1) is 5.41 Å². The second-order valence-electron chi connectivity index (χ2n) is 3.69. The number of likely N-dealkylation sites (tertiary alicyclic amines) is 1. The van der Waals surface area contributed by atoms with Gasteiger partial charge in [0.1, 0.15) is 5.41 Å². The maximum Gasteiger partial charge on any atom is 0.240 e. The van der Waals surface area contributed by atoms with Crippen molar-refractivity contribution in [3.63, 3.8) is 0 Å². The van der Waals surface area contributed by atoms with Crippen LogP contribution in [0.15, 0.2) is 25.4 Å². The molecule has 1 heterocycles. The van der Waals surface area contributed by atoms with Crippen molar-refractivity contribution >= 4 is 11.7 Å². The van der Waals surface area contributed by atoms with E-state index in [1.165, 1.54) is 17.2 Å². The van der Waals surface area contributed by atoms with Gasteiger partial charge in [-0.1, -0.05) is 13.2 Å². The molecule has 1 aliphatic rings. The van der Waals surface area contributed by atoms with Crippen molar-refractivity contribution in [3.05, 3.63) is 25.4 Å². The van der Waals surface area contributed by atoms with Gasteiger partial charge in [0.2, 0.25) is 5.91 Å². The summed E-state index contributed by atoms with van der Waals surface area (Å²) in [6.07, 6.45) is 4.13. The Balaban J connectivity index is 2.98. The number of amides is 1. The van der Waals surface area contributed by atoms with Crippen LogP contribution in [0.2, 0.25) is 0 Å². The molecule has 0 N–H and O–H groups in total. The van der Waals surface area contributed by atoms with Gasteiger partial charge in [0.15, 0.2) is 5.78 Å². The Bertz CT molecular complexity index is 296. The van der Waals surface area contributed by atoms with E-state index in [0.29, 0.717) is 13.0 Å². The molecule has 1 atom stereocenters. The summed E-state index contributed by atoms with van der Waals surface area (Å²) in [5.41, 5.74) is -0.922.